The molecule has 0 aliphatic rings. The fourth-order valence-electron chi connectivity index (χ4n) is 2.20. The minimum Gasteiger partial charge on any atom is -0.481 e. The molecule has 3 N–H and O–H groups in total. The van der Waals surface area contributed by atoms with Gasteiger partial charge in [0.05, 0.1) is 11.3 Å². The highest BCUT2D eigenvalue weighted by molar-refractivity contribution is 6.04. The van der Waals surface area contributed by atoms with E-state index in [-0.39, 0.29) is 11.5 Å². The Labute approximate surface area is 135 Å². The molecule has 1 atom stereocenters. The van der Waals surface area contributed by atoms with Gasteiger partial charge in [-0.3, -0.25) is 9.59 Å². The SMILES string of the molecule is CC[C@@H](Oc1cccc(C)c1)C(=O)Nc1ccccc1C(N)=O. The Morgan fingerprint density at radius 2 is 1.91 bits per heavy atom. The number of benzene rings is 2. The van der Waals surface area contributed by atoms with Gasteiger partial charge in [0.15, 0.2) is 6.10 Å². The molecule has 2 amide bonds. The molecule has 2 aromatic rings. The Hall–Kier alpha value is -2.82. The van der Waals surface area contributed by atoms with Crippen LogP contribution >= 0.6 is 0 Å². The molecule has 5 nitrogen and oxygen atoms in total. The number of hydrogen-bond donors (Lipinski definition) is 2. The maximum atomic E-state index is 12.4. The van der Waals surface area contributed by atoms with Crippen molar-refractivity contribution in [3.8, 4) is 5.75 Å². The van der Waals surface area contributed by atoms with Gasteiger partial charge in [-0.25, -0.2) is 0 Å². The second kappa shape index (κ2) is 7.45. The van der Waals surface area contributed by atoms with Crippen LogP contribution < -0.4 is 15.8 Å². The summed E-state index contributed by atoms with van der Waals surface area (Å²) >= 11 is 0. The van der Waals surface area contributed by atoms with Crippen molar-refractivity contribution in [3.63, 3.8) is 0 Å². The van der Waals surface area contributed by atoms with Gasteiger partial charge < -0.3 is 15.8 Å². The van der Waals surface area contributed by atoms with Gasteiger partial charge in [-0.15, -0.1) is 0 Å². The summed E-state index contributed by atoms with van der Waals surface area (Å²) in [6.07, 6.45) is -0.156. The first-order chi connectivity index (χ1) is 11.0. The first kappa shape index (κ1) is 16.5. The van der Waals surface area contributed by atoms with E-state index < -0.39 is 12.0 Å². The number of carbonyl (C=O) groups excluding carboxylic acids is 2. The van der Waals surface area contributed by atoms with Crippen molar-refractivity contribution in [2.75, 3.05) is 5.32 Å². The molecular formula is C18H20N2O3. The minimum absolute atomic E-state index is 0.270. The third kappa shape index (κ3) is 4.32. The number of anilines is 1. The number of carbonyl (C=O) groups is 2. The van der Waals surface area contributed by atoms with E-state index in [2.05, 4.69) is 5.32 Å². The zero-order chi connectivity index (χ0) is 16.8. The van der Waals surface area contributed by atoms with E-state index in [0.29, 0.717) is 17.9 Å². The Balaban J connectivity index is 2.13. The highest BCUT2D eigenvalue weighted by atomic mass is 16.5. The van der Waals surface area contributed by atoms with E-state index in [1.807, 2.05) is 32.0 Å². The lowest BCUT2D eigenvalue weighted by atomic mass is 10.1. The van der Waals surface area contributed by atoms with Crippen molar-refractivity contribution in [2.45, 2.75) is 26.4 Å². The molecule has 0 saturated heterocycles. The van der Waals surface area contributed by atoms with E-state index in [0.717, 1.165) is 5.56 Å². The van der Waals surface area contributed by atoms with Crippen LogP contribution in [0.1, 0.15) is 29.3 Å². The van der Waals surface area contributed by atoms with Crippen LogP contribution in [0.4, 0.5) is 5.69 Å². The summed E-state index contributed by atoms with van der Waals surface area (Å²) in [5.74, 6) is -0.272. The van der Waals surface area contributed by atoms with Crippen molar-refractivity contribution < 1.29 is 14.3 Å². The predicted octanol–water partition coefficient (Wildman–Crippen LogP) is 2.89. The zero-order valence-electron chi connectivity index (χ0n) is 13.2. The van der Waals surface area contributed by atoms with Gasteiger partial charge in [-0.05, 0) is 43.2 Å². The summed E-state index contributed by atoms with van der Waals surface area (Å²) in [5.41, 5.74) is 7.03. The summed E-state index contributed by atoms with van der Waals surface area (Å²) in [7, 11) is 0. The van der Waals surface area contributed by atoms with Gasteiger partial charge in [0.25, 0.3) is 11.8 Å². The number of para-hydroxylation sites is 1. The molecule has 0 fully saturated rings. The normalized spacial score (nSPS) is 11.6. The quantitative estimate of drug-likeness (QED) is 0.860. The van der Waals surface area contributed by atoms with E-state index in [1.165, 1.54) is 0 Å². The van der Waals surface area contributed by atoms with Gasteiger partial charge in [-0.1, -0.05) is 31.2 Å². The molecule has 120 valence electrons. The average Bonchev–Trinajstić information content (AvgIpc) is 2.53. The molecule has 5 heteroatoms. The molecule has 0 spiro atoms. The Bertz CT molecular complexity index is 713. The number of aryl methyl sites for hydroxylation is 1. The van der Waals surface area contributed by atoms with E-state index in [1.54, 1.807) is 30.3 Å². The van der Waals surface area contributed by atoms with Crippen LogP contribution in [-0.2, 0) is 4.79 Å². The summed E-state index contributed by atoms with van der Waals surface area (Å²) in [6, 6.07) is 14.1. The Morgan fingerprint density at radius 3 is 2.57 bits per heavy atom. The summed E-state index contributed by atoms with van der Waals surface area (Å²) in [5, 5.41) is 2.71. The van der Waals surface area contributed by atoms with Gasteiger partial charge in [0, 0.05) is 0 Å². The first-order valence-corrected chi connectivity index (χ1v) is 7.44. The predicted molar refractivity (Wildman–Crippen MR) is 89.5 cm³/mol. The third-order valence-corrected chi connectivity index (χ3v) is 3.38. The molecule has 0 saturated carbocycles. The summed E-state index contributed by atoms with van der Waals surface area (Å²) in [4.78, 5) is 23.8. The maximum Gasteiger partial charge on any atom is 0.265 e. The molecule has 0 aromatic heterocycles. The van der Waals surface area contributed by atoms with Crippen LogP contribution in [0.2, 0.25) is 0 Å². The number of primary amides is 1. The van der Waals surface area contributed by atoms with Crippen molar-refractivity contribution in [1.29, 1.82) is 0 Å². The Kier molecular flexibility index (Phi) is 5.36. The van der Waals surface area contributed by atoms with Gasteiger partial charge in [0.2, 0.25) is 0 Å². The molecule has 0 radical (unpaired) electrons. The van der Waals surface area contributed by atoms with Gasteiger partial charge in [-0.2, -0.15) is 0 Å². The monoisotopic (exact) mass is 312 g/mol. The number of amides is 2. The van der Waals surface area contributed by atoms with Gasteiger partial charge >= 0.3 is 0 Å². The second-order valence-electron chi connectivity index (χ2n) is 5.23. The van der Waals surface area contributed by atoms with Gasteiger partial charge in [0.1, 0.15) is 5.75 Å². The molecule has 0 aliphatic carbocycles. The smallest absolute Gasteiger partial charge is 0.265 e. The fourth-order valence-corrected chi connectivity index (χ4v) is 2.20. The largest absolute Gasteiger partial charge is 0.481 e. The second-order valence-corrected chi connectivity index (χ2v) is 5.23. The third-order valence-electron chi connectivity index (χ3n) is 3.38. The van der Waals surface area contributed by atoms with Crippen LogP contribution in [-0.4, -0.2) is 17.9 Å². The topological polar surface area (TPSA) is 81.4 Å². The van der Waals surface area contributed by atoms with E-state index >= 15 is 0 Å². The summed E-state index contributed by atoms with van der Waals surface area (Å²) in [6.45, 7) is 3.82. The Morgan fingerprint density at radius 1 is 1.17 bits per heavy atom. The van der Waals surface area contributed by atoms with Crippen LogP contribution in [0.3, 0.4) is 0 Å². The number of rotatable bonds is 6. The maximum absolute atomic E-state index is 12.4. The lowest BCUT2D eigenvalue weighted by Crippen LogP contribution is -2.33. The molecule has 23 heavy (non-hydrogen) atoms. The van der Waals surface area contributed by atoms with E-state index in [9.17, 15) is 9.59 Å². The lowest BCUT2D eigenvalue weighted by Gasteiger charge is -2.18. The molecular weight excluding hydrogens is 292 g/mol. The minimum atomic E-state index is -0.655. The van der Waals surface area contributed by atoms with Crippen molar-refractivity contribution in [3.05, 3.63) is 59.7 Å². The molecule has 2 rings (SSSR count). The highest BCUT2D eigenvalue weighted by Crippen LogP contribution is 2.18. The molecule has 0 unspecified atom stereocenters. The molecule has 0 aliphatic heterocycles. The van der Waals surface area contributed by atoms with Crippen LogP contribution in [0.5, 0.6) is 5.75 Å². The van der Waals surface area contributed by atoms with Crippen LogP contribution in [0.25, 0.3) is 0 Å². The average molecular weight is 312 g/mol. The molecule has 0 heterocycles. The lowest BCUT2D eigenvalue weighted by molar-refractivity contribution is -0.122. The van der Waals surface area contributed by atoms with Crippen molar-refractivity contribution >= 4 is 17.5 Å². The van der Waals surface area contributed by atoms with Crippen LogP contribution in [0.15, 0.2) is 48.5 Å². The zero-order valence-corrected chi connectivity index (χ0v) is 13.2. The molecule has 2 aromatic carbocycles. The van der Waals surface area contributed by atoms with Crippen molar-refractivity contribution in [1.82, 2.24) is 0 Å². The standard InChI is InChI=1S/C18H20N2O3/c1-3-16(23-13-8-6-7-12(2)11-13)18(22)20-15-10-5-4-9-14(15)17(19)21/h4-11,16H,3H2,1-2H3,(H2,19,21)(H,20,22)/t16-/m1/s1. The number of ether oxygens (including phenoxy) is 1. The number of nitrogens with one attached hydrogen (secondary N) is 1. The first-order valence-electron chi connectivity index (χ1n) is 7.44. The highest BCUT2D eigenvalue weighted by Gasteiger charge is 2.20. The van der Waals surface area contributed by atoms with Crippen molar-refractivity contribution in [2.24, 2.45) is 5.73 Å². The molecule has 0 bridgehead atoms. The number of nitrogens with two attached hydrogens (primary N) is 1. The summed E-state index contributed by atoms with van der Waals surface area (Å²) < 4.78 is 5.75. The van der Waals surface area contributed by atoms with Crippen LogP contribution in [0, 0.1) is 6.92 Å². The fraction of sp³-hybridized carbons (Fsp3) is 0.222. The number of hydrogen-bond acceptors (Lipinski definition) is 3. The van der Waals surface area contributed by atoms with E-state index in [4.69, 9.17) is 10.5 Å².